The summed E-state index contributed by atoms with van der Waals surface area (Å²) in [5, 5.41) is 20.0. The van der Waals surface area contributed by atoms with Gasteiger partial charge in [-0.15, -0.1) is 0 Å². The third kappa shape index (κ3) is 4.12. The number of rotatable bonds is 6. The van der Waals surface area contributed by atoms with Crippen LogP contribution in [0.3, 0.4) is 0 Å². The number of methoxy groups -OCH3 is 1. The molecule has 0 aliphatic rings. The minimum Gasteiger partial charge on any atom is -0.496 e. The van der Waals surface area contributed by atoms with Crippen molar-refractivity contribution < 1.29 is 14.1 Å². The molecule has 1 aromatic heterocycles. The first-order chi connectivity index (χ1) is 13.0. The Hall–Kier alpha value is -3.66. The average molecular weight is 363 g/mol. The molecule has 0 amide bonds. The van der Waals surface area contributed by atoms with Crippen molar-refractivity contribution in [1.82, 2.24) is 4.98 Å². The molecule has 7 heteroatoms. The number of aryl methyl sites for hydroxylation is 3. The van der Waals surface area contributed by atoms with Gasteiger partial charge >= 0.3 is 0 Å². The standard InChI is InChI=1S/C20H17N3O4/c1-13-3-6-18(19(7-13)26-2)20-22-12-17(27-20)5-4-14-8-15(11-21)10-16(9-14)23(24)25/h3,6-10,12H,4-5H2,1-2H3. The molecule has 2 aromatic carbocycles. The van der Waals surface area contributed by atoms with Crippen LogP contribution in [0.1, 0.15) is 22.5 Å². The fourth-order valence-electron chi connectivity index (χ4n) is 2.78. The van der Waals surface area contributed by atoms with E-state index in [2.05, 4.69) is 4.98 Å². The van der Waals surface area contributed by atoms with Crippen LogP contribution in [0.25, 0.3) is 11.5 Å². The van der Waals surface area contributed by atoms with Gasteiger partial charge in [0.05, 0.1) is 35.4 Å². The minimum absolute atomic E-state index is 0.0910. The van der Waals surface area contributed by atoms with E-state index in [-0.39, 0.29) is 11.3 Å². The Morgan fingerprint density at radius 2 is 2.07 bits per heavy atom. The largest absolute Gasteiger partial charge is 0.496 e. The van der Waals surface area contributed by atoms with Gasteiger partial charge in [-0.2, -0.15) is 5.26 Å². The quantitative estimate of drug-likeness (QED) is 0.480. The number of ether oxygens (including phenoxy) is 1. The molecule has 3 aromatic rings. The molecule has 0 unspecified atom stereocenters. The van der Waals surface area contributed by atoms with Crippen molar-refractivity contribution in [2.45, 2.75) is 19.8 Å². The van der Waals surface area contributed by atoms with Crippen LogP contribution in [0.15, 0.2) is 47.0 Å². The highest BCUT2D eigenvalue weighted by Gasteiger charge is 2.14. The number of benzene rings is 2. The Balaban J connectivity index is 1.79. The lowest BCUT2D eigenvalue weighted by Gasteiger charge is -2.06. The maximum Gasteiger partial charge on any atom is 0.271 e. The highest BCUT2D eigenvalue weighted by Crippen LogP contribution is 2.30. The smallest absolute Gasteiger partial charge is 0.271 e. The number of nitro benzene ring substituents is 1. The summed E-state index contributed by atoms with van der Waals surface area (Å²) in [5.74, 6) is 1.79. The van der Waals surface area contributed by atoms with Crippen molar-refractivity contribution in [2.75, 3.05) is 7.11 Å². The first-order valence-corrected chi connectivity index (χ1v) is 8.28. The lowest BCUT2D eigenvalue weighted by Crippen LogP contribution is -1.95. The van der Waals surface area contributed by atoms with Gasteiger partial charge in [-0.3, -0.25) is 10.1 Å². The summed E-state index contributed by atoms with van der Waals surface area (Å²) in [6.07, 6.45) is 2.64. The van der Waals surface area contributed by atoms with Crippen molar-refractivity contribution in [3.8, 4) is 23.3 Å². The SMILES string of the molecule is COc1cc(C)ccc1-c1ncc(CCc2cc(C#N)cc([N+](=O)[O-])c2)o1. The molecule has 0 saturated heterocycles. The molecule has 0 saturated carbocycles. The third-order valence-electron chi connectivity index (χ3n) is 4.12. The first-order valence-electron chi connectivity index (χ1n) is 8.28. The summed E-state index contributed by atoms with van der Waals surface area (Å²) in [7, 11) is 1.59. The second-order valence-electron chi connectivity index (χ2n) is 6.09. The Kier molecular flexibility index (Phi) is 5.18. The molecule has 0 spiro atoms. The van der Waals surface area contributed by atoms with Crippen LogP contribution >= 0.6 is 0 Å². The van der Waals surface area contributed by atoms with Crippen molar-refractivity contribution >= 4 is 5.69 Å². The van der Waals surface area contributed by atoms with Gasteiger partial charge in [0.15, 0.2) is 0 Å². The zero-order valence-corrected chi connectivity index (χ0v) is 14.9. The van der Waals surface area contributed by atoms with E-state index in [1.807, 2.05) is 31.2 Å². The van der Waals surface area contributed by atoms with Crippen LogP contribution in [0, 0.1) is 28.4 Å². The minimum atomic E-state index is -0.499. The van der Waals surface area contributed by atoms with E-state index in [1.54, 1.807) is 19.4 Å². The van der Waals surface area contributed by atoms with Crippen LogP contribution in [0.4, 0.5) is 5.69 Å². The Bertz CT molecular complexity index is 1030. The van der Waals surface area contributed by atoms with Gasteiger partial charge in [-0.25, -0.2) is 4.98 Å². The maximum absolute atomic E-state index is 11.0. The molecule has 1 heterocycles. The number of nitro groups is 1. The molecule has 0 bridgehead atoms. The van der Waals surface area contributed by atoms with E-state index >= 15 is 0 Å². The summed E-state index contributed by atoms with van der Waals surface area (Å²) < 4.78 is 11.2. The lowest BCUT2D eigenvalue weighted by molar-refractivity contribution is -0.384. The Labute approximate surface area is 156 Å². The van der Waals surface area contributed by atoms with Crippen LogP contribution in [0.5, 0.6) is 5.75 Å². The second-order valence-corrected chi connectivity index (χ2v) is 6.09. The molecule has 0 N–H and O–H groups in total. The van der Waals surface area contributed by atoms with Crippen molar-refractivity contribution in [1.29, 1.82) is 5.26 Å². The molecule has 0 fully saturated rings. The predicted octanol–water partition coefficient (Wildman–Crippen LogP) is 4.22. The Morgan fingerprint density at radius 3 is 2.78 bits per heavy atom. The number of hydrogen-bond acceptors (Lipinski definition) is 6. The highest BCUT2D eigenvalue weighted by molar-refractivity contribution is 5.63. The van der Waals surface area contributed by atoms with Gasteiger partial charge in [0, 0.05) is 18.6 Å². The molecule has 0 aliphatic heterocycles. The van der Waals surface area contributed by atoms with Crippen LogP contribution < -0.4 is 4.74 Å². The zero-order chi connectivity index (χ0) is 19.4. The van der Waals surface area contributed by atoms with E-state index in [1.165, 1.54) is 12.1 Å². The average Bonchev–Trinajstić information content (AvgIpc) is 3.14. The number of aromatic nitrogens is 1. The van der Waals surface area contributed by atoms with Gasteiger partial charge in [-0.05, 0) is 42.7 Å². The molecule has 27 heavy (non-hydrogen) atoms. The normalized spacial score (nSPS) is 10.4. The topological polar surface area (TPSA) is 102 Å². The second kappa shape index (κ2) is 7.70. The molecule has 0 radical (unpaired) electrons. The van der Waals surface area contributed by atoms with E-state index < -0.39 is 4.92 Å². The number of hydrogen-bond donors (Lipinski definition) is 0. The molecule has 3 rings (SSSR count). The monoisotopic (exact) mass is 363 g/mol. The van der Waals surface area contributed by atoms with E-state index in [0.29, 0.717) is 35.8 Å². The molecule has 7 nitrogen and oxygen atoms in total. The molecule has 136 valence electrons. The lowest BCUT2D eigenvalue weighted by atomic mass is 10.1. The summed E-state index contributed by atoms with van der Waals surface area (Å²) in [4.78, 5) is 14.8. The zero-order valence-electron chi connectivity index (χ0n) is 14.9. The summed E-state index contributed by atoms with van der Waals surface area (Å²) in [6.45, 7) is 1.97. The number of non-ortho nitro benzene ring substituents is 1. The van der Waals surface area contributed by atoms with Gasteiger partial charge in [0.1, 0.15) is 11.5 Å². The van der Waals surface area contributed by atoms with Gasteiger partial charge in [0.25, 0.3) is 5.69 Å². The Morgan fingerprint density at radius 1 is 1.26 bits per heavy atom. The number of nitriles is 1. The van der Waals surface area contributed by atoms with Crippen molar-refractivity contribution in [3.63, 3.8) is 0 Å². The van der Waals surface area contributed by atoms with Gasteiger partial charge in [0.2, 0.25) is 5.89 Å². The van der Waals surface area contributed by atoms with Crippen LogP contribution in [-0.2, 0) is 12.8 Å². The van der Waals surface area contributed by atoms with Gasteiger partial charge < -0.3 is 9.15 Å². The van der Waals surface area contributed by atoms with Crippen LogP contribution in [-0.4, -0.2) is 17.0 Å². The fraction of sp³-hybridized carbons (Fsp3) is 0.200. The third-order valence-corrected chi connectivity index (χ3v) is 4.12. The molecular formula is C20H17N3O4. The first kappa shape index (κ1) is 18.1. The highest BCUT2D eigenvalue weighted by atomic mass is 16.6. The van der Waals surface area contributed by atoms with E-state index in [9.17, 15) is 10.1 Å². The van der Waals surface area contributed by atoms with E-state index in [0.717, 1.165) is 11.1 Å². The maximum atomic E-state index is 11.0. The molecular weight excluding hydrogens is 346 g/mol. The van der Waals surface area contributed by atoms with E-state index in [4.69, 9.17) is 14.4 Å². The summed E-state index contributed by atoms with van der Waals surface area (Å²) >= 11 is 0. The predicted molar refractivity (Wildman–Crippen MR) is 98.4 cm³/mol. The van der Waals surface area contributed by atoms with Crippen molar-refractivity contribution in [3.05, 3.63) is 75.2 Å². The summed E-state index contributed by atoms with van der Waals surface area (Å²) in [6, 6.07) is 12.1. The number of nitrogens with zero attached hydrogens (tertiary/aromatic N) is 3. The van der Waals surface area contributed by atoms with Gasteiger partial charge in [-0.1, -0.05) is 6.07 Å². The van der Waals surface area contributed by atoms with Crippen molar-refractivity contribution in [2.24, 2.45) is 0 Å². The molecule has 0 atom stereocenters. The number of oxazole rings is 1. The fourth-order valence-corrected chi connectivity index (χ4v) is 2.78. The molecule has 0 aliphatic carbocycles. The van der Waals surface area contributed by atoms with Crippen LogP contribution in [0.2, 0.25) is 0 Å². The summed E-state index contributed by atoms with van der Waals surface area (Å²) in [5.41, 5.74) is 2.71.